The summed E-state index contributed by atoms with van der Waals surface area (Å²) in [5, 5.41) is 0.624. The molecule has 0 saturated carbocycles. The van der Waals surface area contributed by atoms with Crippen LogP contribution in [0.3, 0.4) is 0 Å². The zero-order chi connectivity index (χ0) is 24.8. The van der Waals surface area contributed by atoms with Gasteiger partial charge in [0.2, 0.25) is 0 Å². The molecule has 35 heavy (non-hydrogen) atoms. The number of rotatable bonds is 10. The molecule has 3 aromatic rings. The van der Waals surface area contributed by atoms with Crippen LogP contribution in [-0.2, 0) is 29.6 Å². The molecular formula is C28H32ClN3O3. The van der Waals surface area contributed by atoms with Crippen molar-refractivity contribution >= 4 is 23.8 Å². The summed E-state index contributed by atoms with van der Waals surface area (Å²) in [6.07, 6.45) is 4.12. The number of carbonyl (C=O) groups excluding carboxylic acids is 2. The van der Waals surface area contributed by atoms with Gasteiger partial charge in [-0.15, -0.1) is 0 Å². The van der Waals surface area contributed by atoms with Crippen LogP contribution in [-0.4, -0.2) is 46.3 Å². The highest BCUT2D eigenvalue weighted by Crippen LogP contribution is 2.27. The summed E-state index contributed by atoms with van der Waals surface area (Å²) < 4.78 is 7.87. The average molecular weight is 494 g/mol. The van der Waals surface area contributed by atoms with Crippen molar-refractivity contribution in [3.05, 3.63) is 76.1 Å². The Morgan fingerprint density at radius 2 is 2.03 bits per heavy atom. The van der Waals surface area contributed by atoms with E-state index in [1.54, 1.807) is 4.90 Å². The van der Waals surface area contributed by atoms with Crippen molar-refractivity contribution < 1.29 is 14.3 Å². The van der Waals surface area contributed by atoms with Crippen LogP contribution >= 0.6 is 11.6 Å². The SMILES string of the molecule is Cc1cccc(COCCCCc2c(C(=O)N3CCC(C=O)C3)nc(-c3cccc(Cl)c3)n2C)c1. The number of imidazole rings is 1. The number of halogens is 1. The molecule has 184 valence electrons. The maximum atomic E-state index is 13.4. The van der Waals surface area contributed by atoms with Crippen LogP contribution in [0.4, 0.5) is 0 Å². The van der Waals surface area contributed by atoms with E-state index in [0.29, 0.717) is 55.7 Å². The molecule has 1 saturated heterocycles. The second kappa shape index (κ2) is 11.6. The summed E-state index contributed by atoms with van der Waals surface area (Å²) >= 11 is 6.22. The molecule has 1 amide bonds. The molecule has 4 rings (SSSR count). The second-order valence-electron chi connectivity index (χ2n) is 9.23. The van der Waals surface area contributed by atoms with Crippen LogP contribution in [0.25, 0.3) is 11.4 Å². The van der Waals surface area contributed by atoms with Crippen molar-refractivity contribution in [2.45, 2.75) is 39.2 Å². The van der Waals surface area contributed by atoms with Crippen LogP contribution in [0.2, 0.25) is 5.02 Å². The molecular weight excluding hydrogens is 462 g/mol. The summed E-state index contributed by atoms with van der Waals surface area (Å²) in [6.45, 7) is 4.37. The van der Waals surface area contributed by atoms with Crippen LogP contribution in [0.1, 0.15) is 46.6 Å². The number of aldehydes is 1. The van der Waals surface area contributed by atoms with Gasteiger partial charge in [0.1, 0.15) is 17.8 Å². The van der Waals surface area contributed by atoms with Crippen LogP contribution in [0.5, 0.6) is 0 Å². The Labute approximate surface area is 211 Å². The zero-order valence-corrected chi connectivity index (χ0v) is 21.1. The zero-order valence-electron chi connectivity index (χ0n) is 20.4. The molecule has 0 bridgehead atoms. The fourth-order valence-corrected chi connectivity index (χ4v) is 4.79. The molecule has 0 aliphatic carbocycles. The molecule has 1 aliphatic heterocycles. The van der Waals surface area contributed by atoms with Crippen molar-refractivity contribution in [3.8, 4) is 11.4 Å². The number of amides is 1. The molecule has 1 unspecified atom stereocenters. The summed E-state index contributed by atoms with van der Waals surface area (Å²) in [5.41, 5.74) is 4.64. The van der Waals surface area contributed by atoms with Crippen molar-refractivity contribution in [2.24, 2.45) is 13.0 Å². The highest BCUT2D eigenvalue weighted by molar-refractivity contribution is 6.30. The van der Waals surface area contributed by atoms with Gasteiger partial charge in [-0.05, 0) is 50.3 Å². The number of unbranched alkanes of at least 4 members (excludes halogenated alkanes) is 1. The lowest BCUT2D eigenvalue weighted by molar-refractivity contribution is -0.110. The molecule has 7 heteroatoms. The smallest absolute Gasteiger partial charge is 0.274 e. The van der Waals surface area contributed by atoms with E-state index in [1.165, 1.54) is 11.1 Å². The largest absolute Gasteiger partial charge is 0.377 e. The number of carbonyl (C=O) groups is 2. The molecule has 0 spiro atoms. The molecule has 0 N–H and O–H groups in total. The average Bonchev–Trinajstić information content (AvgIpc) is 3.46. The quantitative estimate of drug-likeness (QED) is 0.286. The molecule has 2 heterocycles. The van der Waals surface area contributed by atoms with Crippen molar-refractivity contribution in [3.63, 3.8) is 0 Å². The van der Waals surface area contributed by atoms with E-state index in [1.807, 2.05) is 41.9 Å². The fourth-order valence-electron chi connectivity index (χ4n) is 4.60. The number of benzene rings is 2. The van der Waals surface area contributed by atoms with Crippen LogP contribution in [0.15, 0.2) is 48.5 Å². The Morgan fingerprint density at radius 1 is 1.20 bits per heavy atom. The highest BCUT2D eigenvalue weighted by atomic mass is 35.5. The number of aryl methyl sites for hydroxylation is 1. The van der Waals surface area contributed by atoms with Crippen molar-refractivity contribution in [2.75, 3.05) is 19.7 Å². The predicted octanol–water partition coefficient (Wildman–Crippen LogP) is 5.25. The third-order valence-corrected chi connectivity index (χ3v) is 6.74. The van der Waals surface area contributed by atoms with E-state index in [-0.39, 0.29) is 11.8 Å². The van der Waals surface area contributed by atoms with E-state index in [9.17, 15) is 9.59 Å². The van der Waals surface area contributed by atoms with Crippen molar-refractivity contribution in [1.29, 1.82) is 0 Å². The monoisotopic (exact) mass is 493 g/mol. The van der Waals surface area contributed by atoms with Crippen LogP contribution in [0, 0.1) is 12.8 Å². The maximum Gasteiger partial charge on any atom is 0.274 e. The molecule has 2 aromatic carbocycles. The molecule has 6 nitrogen and oxygen atoms in total. The first-order valence-electron chi connectivity index (χ1n) is 12.2. The van der Waals surface area contributed by atoms with E-state index < -0.39 is 0 Å². The van der Waals surface area contributed by atoms with Crippen molar-refractivity contribution in [1.82, 2.24) is 14.5 Å². The van der Waals surface area contributed by atoms with E-state index in [4.69, 9.17) is 21.3 Å². The number of hydrogen-bond acceptors (Lipinski definition) is 4. The molecule has 0 radical (unpaired) electrons. The van der Waals surface area contributed by atoms with E-state index >= 15 is 0 Å². The minimum atomic E-state index is -0.107. The Bertz CT molecular complexity index is 1190. The van der Waals surface area contributed by atoms with Gasteiger partial charge in [-0.3, -0.25) is 4.79 Å². The van der Waals surface area contributed by atoms with Gasteiger partial charge in [0.15, 0.2) is 0 Å². The van der Waals surface area contributed by atoms with Gasteiger partial charge in [0.25, 0.3) is 5.91 Å². The Morgan fingerprint density at radius 3 is 2.77 bits per heavy atom. The van der Waals surface area contributed by atoms with Gasteiger partial charge in [-0.1, -0.05) is 53.6 Å². The van der Waals surface area contributed by atoms with Gasteiger partial charge in [0, 0.05) is 43.2 Å². The molecule has 1 atom stereocenters. The van der Waals surface area contributed by atoms with Gasteiger partial charge >= 0.3 is 0 Å². The number of nitrogens with zero attached hydrogens (tertiary/aromatic N) is 3. The summed E-state index contributed by atoms with van der Waals surface area (Å²) in [6, 6.07) is 15.8. The Kier molecular flexibility index (Phi) is 8.37. The molecule has 1 aromatic heterocycles. The van der Waals surface area contributed by atoms with Gasteiger partial charge in [0.05, 0.1) is 12.3 Å². The standard InChI is InChI=1S/C28H32ClN3O3/c1-20-7-5-8-21(15-20)19-35-14-4-3-11-25-26(28(34)32-13-12-22(17-32)18-33)30-27(31(25)2)23-9-6-10-24(29)16-23/h5-10,15-16,18,22H,3-4,11-14,17,19H2,1-2H3. The first kappa shape index (κ1) is 25.1. The maximum absolute atomic E-state index is 13.4. The fraction of sp³-hybridized carbons (Fsp3) is 0.393. The summed E-state index contributed by atoms with van der Waals surface area (Å²) in [7, 11) is 1.95. The lowest BCUT2D eigenvalue weighted by Crippen LogP contribution is -2.30. The van der Waals surface area contributed by atoms with Gasteiger partial charge in [-0.25, -0.2) is 4.98 Å². The predicted molar refractivity (Wildman–Crippen MR) is 138 cm³/mol. The topological polar surface area (TPSA) is 64.4 Å². The highest BCUT2D eigenvalue weighted by Gasteiger charge is 2.30. The van der Waals surface area contributed by atoms with E-state index in [2.05, 4.69) is 25.1 Å². The molecule has 1 aliphatic rings. The number of likely N-dealkylation sites (tertiary alicyclic amines) is 1. The third kappa shape index (κ3) is 6.19. The summed E-state index contributed by atoms with van der Waals surface area (Å²) in [4.78, 5) is 31.1. The normalized spacial score (nSPS) is 15.5. The lowest BCUT2D eigenvalue weighted by Gasteiger charge is -2.15. The molecule has 1 fully saturated rings. The Balaban J connectivity index is 1.45. The van der Waals surface area contributed by atoms with Gasteiger partial charge in [-0.2, -0.15) is 0 Å². The number of hydrogen-bond donors (Lipinski definition) is 0. The number of aromatic nitrogens is 2. The minimum Gasteiger partial charge on any atom is -0.377 e. The second-order valence-corrected chi connectivity index (χ2v) is 9.67. The summed E-state index contributed by atoms with van der Waals surface area (Å²) in [5.74, 6) is 0.515. The Hall–Kier alpha value is -2.96. The number of ether oxygens (including phenoxy) is 1. The van der Waals surface area contributed by atoms with Crippen LogP contribution < -0.4 is 0 Å². The third-order valence-electron chi connectivity index (χ3n) is 6.51. The minimum absolute atomic E-state index is 0.0935. The van der Waals surface area contributed by atoms with E-state index in [0.717, 1.165) is 30.4 Å². The van der Waals surface area contributed by atoms with Gasteiger partial charge < -0.3 is 19.0 Å². The first-order valence-corrected chi connectivity index (χ1v) is 12.5. The lowest BCUT2D eigenvalue weighted by atomic mass is 10.1. The first-order chi connectivity index (χ1) is 17.0.